The number of carbonyl (C=O) groups excluding carboxylic acids is 1. The molecule has 26 heavy (non-hydrogen) atoms. The molecule has 0 aliphatic carbocycles. The van der Waals surface area contributed by atoms with Crippen molar-refractivity contribution in [2.24, 2.45) is 5.10 Å². The summed E-state index contributed by atoms with van der Waals surface area (Å²) in [6.07, 6.45) is 4.18. The second-order valence-electron chi connectivity index (χ2n) is 6.30. The first-order valence-electron chi connectivity index (χ1n) is 8.72. The number of amides is 1. The lowest BCUT2D eigenvalue weighted by Crippen LogP contribution is -2.20. The topological polar surface area (TPSA) is 70.5 Å². The molecular formula is C19H23N5OS. The number of aromatic nitrogens is 2. The van der Waals surface area contributed by atoms with Crippen LogP contribution in [0.25, 0.3) is 0 Å². The Labute approximate surface area is 158 Å². The van der Waals surface area contributed by atoms with Gasteiger partial charge in [-0.25, -0.2) is 15.4 Å². The van der Waals surface area contributed by atoms with Gasteiger partial charge in [-0.1, -0.05) is 23.9 Å². The third kappa shape index (κ3) is 5.29. The van der Waals surface area contributed by atoms with Gasteiger partial charge < -0.3 is 4.90 Å². The maximum atomic E-state index is 11.9. The minimum Gasteiger partial charge on any atom is -0.372 e. The molecule has 0 atom stereocenters. The van der Waals surface area contributed by atoms with E-state index >= 15 is 0 Å². The molecule has 1 saturated heterocycles. The summed E-state index contributed by atoms with van der Waals surface area (Å²) in [5.41, 5.74) is 6.54. The van der Waals surface area contributed by atoms with Gasteiger partial charge in [-0.3, -0.25) is 4.79 Å². The highest BCUT2D eigenvalue weighted by Gasteiger charge is 2.11. The molecule has 1 aromatic heterocycles. The van der Waals surface area contributed by atoms with Gasteiger partial charge in [0.1, 0.15) is 0 Å². The number of anilines is 1. The van der Waals surface area contributed by atoms with E-state index in [1.54, 1.807) is 6.21 Å². The van der Waals surface area contributed by atoms with E-state index in [0.717, 1.165) is 30.0 Å². The zero-order valence-electron chi connectivity index (χ0n) is 15.1. The quantitative estimate of drug-likeness (QED) is 0.367. The molecule has 2 aromatic rings. The minimum absolute atomic E-state index is 0.178. The van der Waals surface area contributed by atoms with Gasteiger partial charge >= 0.3 is 0 Å². The molecule has 1 aromatic carbocycles. The Hall–Kier alpha value is -2.41. The van der Waals surface area contributed by atoms with Crippen LogP contribution in [-0.2, 0) is 4.79 Å². The number of benzene rings is 1. The molecule has 0 unspecified atom stereocenters. The highest BCUT2D eigenvalue weighted by Crippen LogP contribution is 2.20. The van der Waals surface area contributed by atoms with Gasteiger partial charge in [0.25, 0.3) is 5.91 Å². The zero-order valence-corrected chi connectivity index (χ0v) is 15.9. The van der Waals surface area contributed by atoms with Crippen LogP contribution in [0, 0.1) is 13.8 Å². The predicted molar refractivity (Wildman–Crippen MR) is 106 cm³/mol. The number of carbonyl (C=O) groups is 1. The number of aryl methyl sites for hydroxylation is 2. The first-order chi connectivity index (χ1) is 12.6. The summed E-state index contributed by atoms with van der Waals surface area (Å²) in [6.45, 7) is 6.09. The standard InChI is InChI=1S/C19H23N5OS/c1-14-11-15(2)22-19(21-14)26-13-18(25)23-20-12-16-5-7-17(8-6-16)24-9-3-4-10-24/h5-8,11-12H,3-4,9-10,13H2,1-2H3,(H,23,25). The highest BCUT2D eigenvalue weighted by molar-refractivity contribution is 7.99. The van der Waals surface area contributed by atoms with Crippen LogP contribution in [0.2, 0.25) is 0 Å². The highest BCUT2D eigenvalue weighted by atomic mass is 32.2. The molecule has 3 rings (SSSR count). The van der Waals surface area contributed by atoms with Crippen LogP contribution in [0.5, 0.6) is 0 Å². The summed E-state index contributed by atoms with van der Waals surface area (Å²) in [5.74, 6) is 0.0522. The van der Waals surface area contributed by atoms with Crippen LogP contribution in [-0.4, -0.2) is 40.9 Å². The number of hydrazone groups is 1. The first-order valence-corrected chi connectivity index (χ1v) is 9.71. The van der Waals surface area contributed by atoms with Crippen molar-refractivity contribution in [2.75, 3.05) is 23.7 Å². The summed E-state index contributed by atoms with van der Waals surface area (Å²) in [7, 11) is 0. The summed E-state index contributed by atoms with van der Waals surface area (Å²) in [5, 5.41) is 4.63. The Kier molecular flexibility index (Phi) is 6.22. The van der Waals surface area contributed by atoms with Gasteiger partial charge in [0, 0.05) is 30.2 Å². The van der Waals surface area contributed by atoms with E-state index in [0.29, 0.717) is 5.16 Å². The molecule has 0 spiro atoms. The monoisotopic (exact) mass is 369 g/mol. The second kappa shape index (κ2) is 8.80. The molecule has 1 aliphatic heterocycles. The van der Waals surface area contributed by atoms with Gasteiger partial charge in [-0.05, 0) is 50.5 Å². The van der Waals surface area contributed by atoms with Crippen LogP contribution in [0.3, 0.4) is 0 Å². The van der Waals surface area contributed by atoms with E-state index in [1.807, 2.05) is 32.0 Å². The van der Waals surface area contributed by atoms with E-state index in [4.69, 9.17) is 0 Å². The maximum absolute atomic E-state index is 11.9. The lowest BCUT2D eigenvalue weighted by atomic mass is 10.2. The van der Waals surface area contributed by atoms with Gasteiger partial charge in [0.2, 0.25) is 0 Å². The van der Waals surface area contributed by atoms with Crippen LogP contribution in [0.15, 0.2) is 40.6 Å². The Morgan fingerprint density at radius 1 is 1.19 bits per heavy atom. The van der Waals surface area contributed by atoms with E-state index in [2.05, 4.69) is 37.5 Å². The lowest BCUT2D eigenvalue weighted by Gasteiger charge is -2.17. The number of thioether (sulfide) groups is 1. The fourth-order valence-electron chi connectivity index (χ4n) is 2.85. The maximum Gasteiger partial charge on any atom is 0.250 e. The van der Waals surface area contributed by atoms with Gasteiger partial charge in [0.15, 0.2) is 5.16 Å². The second-order valence-corrected chi connectivity index (χ2v) is 7.24. The van der Waals surface area contributed by atoms with Crippen molar-refractivity contribution < 1.29 is 4.79 Å². The molecule has 0 saturated carbocycles. The number of nitrogens with zero attached hydrogens (tertiary/aromatic N) is 4. The van der Waals surface area contributed by atoms with Crippen LogP contribution >= 0.6 is 11.8 Å². The Morgan fingerprint density at radius 3 is 2.50 bits per heavy atom. The summed E-state index contributed by atoms with van der Waals surface area (Å²) < 4.78 is 0. The first kappa shape index (κ1) is 18.4. The smallest absolute Gasteiger partial charge is 0.250 e. The Morgan fingerprint density at radius 2 is 1.85 bits per heavy atom. The summed E-state index contributed by atoms with van der Waals surface area (Å²) in [4.78, 5) is 22.9. The van der Waals surface area contributed by atoms with Crippen molar-refractivity contribution in [3.05, 3.63) is 47.3 Å². The molecule has 7 heteroatoms. The molecule has 1 N–H and O–H groups in total. The molecule has 6 nitrogen and oxygen atoms in total. The van der Waals surface area contributed by atoms with Crippen molar-refractivity contribution in [3.8, 4) is 0 Å². The average Bonchev–Trinajstić information content (AvgIpc) is 3.14. The number of hydrogen-bond donors (Lipinski definition) is 1. The van der Waals surface area contributed by atoms with Crippen LogP contribution < -0.4 is 10.3 Å². The van der Waals surface area contributed by atoms with Crippen molar-refractivity contribution in [3.63, 3.8) is 0 Å². The number of nitrogens with one attached hydrogen (secondary N) is 1. The largest absolute Gasteiger partial charge is 0.372 e. The molecule has 2 heterocycles. The number of hydrogen-bond acceptors (Lipinski definition) is 6. The van der Waals surface area contributed by atoms with Gasteiger partial charge in [-0.2, -0.15) is 5.10 Å². The average molecular weight is 369 g/mol. The van der Waals surface area contributed by atoms with Crippen LogP contribution in [0.4, 0.5) is 5.69 Å². The van der Waals surface area contributed by atoms with Gasteiger partial charge in [0.05, 0.1) is 12.0 Å². The van der Waals surface area contributed by atoms with E-state index in [9.17, 15) is 4.79 Å². The SMILES string of the molecule is Cc1cc(C)nc(SCC(=O)NN=Cc2ccc(N3CCCC3)cc2)n1. The van der Waals surface area contributed by atoms with Crippen molar-refractivity contribution >= 4 is 29.6 Å². The Bertz CT molecular complexity index is 765. The normalized spacial score (nSPS) is 14.2. The molecular weight excluding hydrogens is 346 g/mol. The molecule has 1 fully saturated rings. The molecule has 136 valence electrons. The molecule has 0 bridgehead atoms. The van der Waals surface area contributed by atoms with Crippen molar-refractivity contribution in [2.45, 2.75) is 31.8 Å². The molecule has 1 amide bonds. The Balaban J connectivity index is 1.46. The van der Waals surface area contributed by atoms with Crippen molar-refractivity contribution in [1.82, 2.24) is 15.4 Å². The molecule has 1 aliphatic rings. The van der Waals surface area contributed by atoms with Gasteiger partial charge in [-0.15, -0.1) is 0 Å². The number of rotatable bonds is 6. The summed E-state index contributed by atoms with van der Waals surface area (Å²) >= 11 is 1.31. The van der Waals surface area contributed by atoms with E-state index in [-0.39, 0.29) is 11.7 Å². The third-order valence-electron chi connectivity index (χ3n) is 4.06. The zero-order chi connectivity index (χ0) is 18.4. The third-order valence-corrected chi connectivity index (χ3v) is 4.91. The summed E-state index contributed by atoms with van der Waals surface area (Å²) in [6, 6.07) is 10.1. The lowest BCUT2D eigenvalue weighted by molar-refractivity contribution is -0.118. The fourth-order valence-corrected chi connectivity index (χ4v) is 3.59. The minimum atomic E-state index is -0.178. The van der Waals surface area contributed by atoms with E-state index in [1.165, 1.54) is 30.3 Å². The van der Waals surface area contributed by atoms with Crippen molar-refractivity contribution in [1.29, 1.82) is 0 Å². The van der Waals surface area contributed by atoms with Crippen LogP contribution in [0.1, 0.15) is 29.8 Å². The predicted octanol–water partition coefficient (Wildman–Crippen LogP) is 2.94. The fraction of sp³-hybridized carbons (Fsp3) is 0.368. The van der Waals surface area contributed by atoms with E-state index < -0.39 is 0 Å². The molecule has 0 radical (unpaired) electrons.